The van der Waals surface area contributed by atoms with Gasteiger partial charge in [-0.2, -0.15) is 13.2 Å². The summed E-state index contributed by atoms with van der Waals surface area (Å²) in [5.41, 5.74) is -0.734. The molecule has 0 saturated carbocycles. The third kappa shape index (κ3) is 6.33. The molecule has 1 amide bonds. The highest BCUT2D eigenvalue weighted by Gasteiger charge is 2.36. The maximum Gasteiger partial charge on any atom is 0.412 e. The van der Waals surface area contributed by atoms with Crippen molar-refractivity contribution >= 4 is 21.6 Å². The molecule has 1 N–H and O–H groups in total. The van der Waals surface area contributed by atoms with Gasteiger partial charge in [-0.15, -0.1) is 0 Å². The molecule has 1 rings (SSSR count). The van der Waals surface area contributed by atoms with Gasteiger partial charge >= 0.3 is 12.3 Å². The van der Waals surface area contributed by atoms with Crippen LogP contribution in [0.25, 0.3) is 0 Å². The molecule has 0 unspecified atom stereocenters. The lowest BCUT2D eigenvalue weighted by atomic mass is 10.2. The van der Waals surface area contributed by atoms with Crippen LogP contribution in [0.15, 0.2) is 29.2 Å². The van der Waals surface area contributed by atoms with Crippen LogP contribution in [-0.4, -0.2) is 32.0 Å². The third-order valence-electron chi connectivity index (χ3n) is 2.19. The average Bonchev–Trinajstić information content (AvgIpc) is 2.23. The fraction of sp³-hybridized carbons (Fsp3) is 0.462. The molecule has 1 aromatic rings. The molecule has 0 bridgehead atoms. The summed E-state index contributed by atoms with van der Waals surface area (Å²) in [6, 6.07) is 4.55. The van der Waals surface area contributed by atoms with Gasteiger partial charge in [-0.05, 0) is 39.0 Å². The fourth-order valence-electron chi connectivity index (χ4n) is 1.49. The largest absolute Gasteiger partial charge is 0.444 e. The van der Waals surface area contributed by atoms with Crippen molar-refractivity contribution in [2.75, 3.05) is 11.1 Å². The monoisotopic (exact) mass is 339 g/mol. The van der Waals surface area contributed by atoms with Crippen LogP contribution in [0.5, 0.6) is 0 Å². The van der Waals surface area contributed by atoms with Gasteiger partial charge in [0.2, 0.25) is 0 Å². The van der Waals surface area contributed by atoms with Gasteiger partial charge in [0.1, 0.15) is 5.60 Å². The van der Waals surface area contributed by atoms with E-state index in [0.29, 0.717) is 0 Å². The number of carbonyl (C=O) groups excluding carboxylic acids is 1. The van der Waals surface area contributed by atoms with Gasteiger partial charge in [-0.3, -0.25) is 5.32 Å². The van der Waals surface area contributed by atoms with Crippen molar-refractivity contribution in [3.8, 4) is 0 Å². The standard InChI is InChI=1S/C13H16F3NO4S/c1-12(2,3)21-11(18)17-9-5-4-6-10(7-9)22(19,20)8-13(14,15)16/h4-7H,8H2,1-3H3,(H,17,18). The second-order valence-corrected chi connectivity index (χ2v) is 7.52. The van der Waals surface area contributed by atoms with Gasteiger partial charge in [0.05, 0.1) is 4.90 Å². The Morgan fingerprint density at radius 3 is 2.32 bits per heavy atom. The van der Waals surface area contributed by atoms with Gasteiger partial charge in [0.15, 0.2) is 15.6 Å². The number of nitrogens with one attached hydrogen (secondary N) is 1. The fourth-order valence-corrected chi connectivity index (χ4v) is 2.68. The van der Waals surface area contributed by atoms with Crippen molar-refractivity contribution in [3.05, 3.63) is 24.3 Å². The molecule has 0 aliphatic heterocycles. The molecular weight excluding hydrogens is 323 g/mol. The maximum atomic E-state index is 12.3. The molecule has 0 aliphatic rings. The number of anilines is 1. The third-order valence-corrected chi connectivity index (χ3v) is 3.87. The first kappa shape index (κ1) is 18.3. The molecule has 0 heterocycles. The number of benzene rings is 1. The summed E-state index contributed by atoms with van der Waals surface area (Å²) in [7, 11) is -4.53. The molecule has 0 fully saturated rings. The summed E-state index contributed by atoms with van der Waals surface area (Å²) < 4.78 is 65.1. The van der Waals surface area contributed by atoms with Gasteiger partial charge in [-0.25, -0.2) is 13.2 Å². The number of carbonyl (C=O) groups is 1. The van der Waals surface area contributed by atoms with E-state index in [0.717, 1.165) is 12.1 Å². The number of amides is 1. The predicted octanol–water partition coefficient (Wildman–Crippen LogP) is 3.37. The molecule has 22 heavy (non-hydrogen) atoms. The Morgan fingerprint density at radius 1 is 1.23 bits per heavy atom. The number of ether oxygens (including phenoxy) is 1. The lowest BCUT2D eigenvalue weighted by Gasteiger charge is -2.19. The van der Waals surface area contributed by atoms with Crippen LogP contribution in [0, 0.1) is 0 Å². The molecule has 124 valence electrons. The first-order valence-corrected chi connectivity index (χ1v) is 7.83. The maximum absolute atomic E-state index is 12.3. The quantitative estimate of drug-likeness (QED) is 0.916. The lowest BCUT2D eigenvalue weighted by molar-refractivity contribution is -0.106. The zero-order valence-electron chi connectivity index (χ0n) is 12.2. The number of rotatable bonds is 3. The van der Waals surface area contributed by atoms with Crippen LogP contribution >= 0.6 is 0 Å². The number of hydrogen-bond acceptors (Lipinski definition) is 4. The van der Waals surface area contributed by atoms with Crippen LogP contribution in [-0.2, 0) is 14.6 Å². The molecule has 5 nitrogen and oxygen atoms in total. The Bertz CT molecular complexity index is 648. The second-order valence-electron chi connectivity index (χ2n) is 5.53. The molecule has 0 saturated heterocycles. The van der Waals surface area contributed by atoms with E-state index in [1.165, 1.54) is 12.1 Å². The number of hydrogen-bond donors (Lipinski definition) is 1. The van der Waals surface area contributed by atoms with E-state index in [2.05, 4.69) is 5.32 Å². The zero-order valence-corrected chi connectivity index (χ0v) is 13.0. The van der Waals surface area contributed by atoms with E-state index >= 15 is 0 Å². The SMILES string of the molecule is CC(C)(C)OC(=O)Nc1cccc(S(=O)(=O)CC(F)(F)F)c1. The van der Waals surface area contributed by atoms with E-state index in [4.69, 9.17) is 4.74 Å². The summed E-state index contributed by atoms with van der Waals surface area (Å²) in [5.74, 6) is -1.96. The molecule has 0 atom stereocenters. The molecule has 0 aromatic heterocycles. The first-order valence-electron chi connectivity index (χ1n) is 6.18. The van der Waals surface area contributed by atoms with Crippen molar-refractivity contribution in [2.24, 2.45) is 0 Å². The highest BCUT2D eigenvalue weighted by atomic mass is 32.2. The molecule has 0 aliphatic carbocycles. The highest BCUT2D eigenvalue weighted by Crippen LogP contribution is 2.24. The van der Waals surface area contributed by atoms with Gasteiger partial charge < -0.3 is 4.74 Å². The minimum absolute atomic E-state index is 0.0255. The molecule has 9 heteroatoms. The van der Waals surface area contributed by atoms with Crippen LogP contribution in [0.4, 0.5) is 23.7 Å². The van der Waals surface area contributed by atoms with Crippen LogP contribution in [0.3, 0.4) is 0 Å². The topological polar surface area (TPSA) is 72.5 Å². The van der Waals surface area contributed by atoms with Crippen molar-refractivity contribution in [1.29, 1.82) is 0 Å². The first-order chi connectivity index (χ1) is 9.78. The van der Waals surface area contributed by atoms with Crippen molar-refractivity contribution in [3.63, 3.8) is 0 Å². The Morgan fingerprint density at radius 2 is 1.82 bits per heavy atom. The van der Waals surface area contributed by atoms with Crippen LogP contribution < -0.4 is 5.32 Å². The smallest absolute Gasteiger partial charge is 0.412 e. The molecule has 0 spiro atoms. The Kier molecular flexibility index (Phi) is 5.11. The Hall–Kier alpha value is -1.77. The van der Waals surface area contributed by atoms with E-state index < -0.39 is 38.4 Å². The van der Waals surface area contributed by atoms with Gasteiger partial charge in [0, 0.05) is 5.69 Å². The summed E-state index contributed by atoms with van der Waals surface area (Å²) in [5, 5.41) is 2.27. The van der Waals surface area contributed by atoms with E-state index in [9.17, 15) is 26.4 Å². The normalized spacial score (nSPS) is 12.8. The minimum atomic E-state index is -4.84. The van der Waals surface area contributed by atoms with Gasteiger partial charge in [0.25, 0.3) is 0 Å². The number of sulfone groups is 1. The molecule has 1 aromatic carbocycles. The van der Waals surface area contributed by atoms with E-state index in [1.807, 2.05) is 0 Å². The Balaban J connectivity index is 2.93. The van der Waals surface area contributed by atoms with E-state index in [1.54, 1.807) is 20.8 Å². The predicted molar refractivity (Wildman–Crippen MR) is 74.4 cm³/mol. The lowest BCUT2D eigenvalue weighted by Crippen LogP contribution is -2.27. The zero-order chi connectivity index (χ0) is 17.2. The molecular formula is C13H16F3NO4S. The summed E-state index contributed by atoms with van der Waals surface area (Å²) in [6.45, 7) is 4.91. The molecule has 0 radical (unpaired) electrons. The summed E-state index contributed by atoms with van der Waals surface area (Å²) >= 11 is 0. The highest BCUT2D eigenvalue weighted by molar-refractivity contribution is 7.91. The minimum Gasteiger partial charge on any atom is -0.444 e. The summed E-state index contributed by atoms with van der Waals surface area (Å²) in [6.07, 6.45) is -5.68. The van der Waals surface area contributed by atoms with Crippen molar-refractivity contribution in [1.82, 2.24) is 0 Å². The summed E-state index contributed by atoms with van der Waals surface area (Å²) in [4.78, 5) is 11.0. The van der Waals surface area contributed by atoms with Crippen LogP contribution in [0.2, 0.25) is 0 Å². The van der Waals surface area contributed by atoms with E-state index in [-0.39, 0.29) is 5.69 Å². The Labute approximate surface area is 126 Å². The van der Waals surface area contributed by atoms with Crippen molar-refractivity contribution in [2.45, 2.75) is 37.4 Å². The average molecular weight is 339 g/mol. The van der Waals surface area contributed by atoms with Crippen molar-refractivity contribution < 1.29 is 31.1 Å². The number of alkyl halides is 3. The van der Waals surface area contributed by atoms with Gasteiger partial charge in [-0.1, -0.05) is 6.07 Å². The van der Waals surface area contributed by atoms with Crippen LogP contribution in [0.1, 0.15) is 20.8 Å². The number of halogens is 3. The second kappa shape index (κ2) is 6.15.